The fourth-order valence-corrected chi connectivity index (χ4v) is 3.73. The van der Waals surface area contributed by atoms with Crippen molar-refractivity contribution in [3.05, 3.63) is 34.4 Å². The van der Waals surface area contributed by atoms with Crippen molar-refractivity contribution >= 4 is 21.6 Å². The van der Waals surface area contributed by atoms with Crippen molar-refractivity contribution in [3.8, 4) is 0 Å². The number of sulfonamides is 1. The number of nitro groups is 1. The van der Waals surface area contributed by atoms with Crippen LogP contribution in [0.4, 0.5) is 5.69 Å². The lowest BCUT2D eigenvalue weighted by Crippen LogP contribution is -2.40. The molecule has 1 aliphatic heterocycles. The number of carbonyl (C=O) groups excluding carboxylic acids is 1. The summed E-state index contributed by atoms with van der Waals surface area (Å²) >= 11 is 0. The first kappa shape index (κ1) is 18.3. The van der Waals surface area contributed by atoms with Crippen LogP contribution in [-0.4, -0.2) is 43.8 Å². The smallest absolute Gasteiger partial charge is 0.269 e. The topological polar surface area (TPSA) is 110 Å². The number of nitrogens with one attached hydrogen (secondary N) is 1. The summed E-state index contributed by atoms with van der Waals surface area (Å²) in [5.74, 6) is 0.410. The summed E-state index contributed by atoms with van der Waals surface area (Å²) < 4.78 is 26.6. The average Bonchev–Trinajstić information content (AvgIpc) is 2.54. The van der Waals surface area contributed by atoms with Gasteiger partial charge in [0, 0.05) is 38.2 Å². The number of benzene rings is 1. The molecule has 1 aromatic rings. The van der Waals surface area contributed by atoms with Crippen molar-refractivity contribution in [1.29, 1.82) is 0 Å². The van der Waals surface area contributed by atoms with Crippen LogP contribution in [0.15, 0.2) is 29.2 Å². The van der Waals surface area contributed by atoms with Crippen molar-refractivity contribution in [3.63, 3.8) is 0 Å². The first-order chi connectivity index (χ1) is 11.3. The van der Waals surface area contributed by atoms with E-state index in [4.69, 9.17) is 0 Å². The number of piperidine rings is 1. The van der Waals surface area contributed by atoms with Gasteiger partial charge in [0.1, 0.15) is 0 Å². The van der Waals surface area contributed by atoms with Crippen molar-refractivity contribution in [2.24, 2.45) is 5.92 Å². The summed E-state index contributed by atoms with van der Waals surface area (Å²) in [6, 6.07) is 4.62. The minimum Gasteiger partial charge on any atom is -0.342 e. The molecule has 1 N–H and O–H groups in total. The fourth-order valence-electron chi connectivity index (χ4n) is 2.70. The first-order valence-electron chi connectivity index (χ1n) is 7.81. The standard InChI is InChI=1S/C15H21N3O5S/c1-12-3-2-10-17(11-12)15(19)8-9-16-24(22,23)14-6-4-13(5-7-14)18(20)21/h4-7,12,16H,2-3,8-11H2,1H3. The van der Waals surface area contributed by atoms with E-state index in [0.29, 0.717) is 12.5 Å². The third-order valence-electron chi connectivity index (χ3n) is 4.00. The second kappa shape index (κ2) is 7.71. The Morgan fingerprint density at radius 2 is 2.04 bits per heavy atom. The zero-order valence-corrected chi connectivity index (χ0v) is 14.3. The predicted molar refractivity (Wildman–Crippen MR) is 87.9 cm³/mol. The first-order valence-corrected chi connectivity index (χ1v) is 9.30. The molecule has 0 saturated carbocycles. The molecule has 1 amide bonds. The van der Waals surface area contributed by atoms with Gasteiger partial charge in [-0.15, -0.1) is 0 Å². The molecular weight excluding hydrogens is 334 g/mol. The van der Waals surface area contributed by atoms with Crippen LogP contribution >= 0.6 is 0 Å². The number of carbonyl (C=O) groups is 1. The van der Waals surface area contributed by atoms with Crippen molar-refractivity contribution in [2.75, 3.05) is 19.6 Å². The van der Waals surface area contributed by atoms with Gasteiger partial charge >= 0.3 is 0 Å². The molecule has 1 fully saturated rings. The number of nitro benzene ring substituents is 1. The normalized spacial score (nSPS) is 18.4. The van der Waals surface area contributed by atoms with Crippen LogP contribution in [0.1, 0.15) is 26.2 Å². The summed E-state index contributed by atoms with van der Waals surface area (Å²) in [6.45, 7) is 3.53. The van der Waals surface area contributed by atoms with Crippen LogP contribution in [0, 0.1) is 16.0 Å². The van der Waals surface area contributed by atoms with E-state index in [0.717, 1.165) is 31.5 Å². The molecule has 0 radical (unpaired) electrons. The molecule has 1 unspecified atom stereocenters. The van der Waals surface area contributed by atoms with E-state index in [1.807, 2.05) is 0 Å². The van der Waals surface area contributed by atoms with Crippen LogP contribution in [0.25, 0.3) is 0 Å². The highest BCUT2D eigenvalue weighted by atomic mass is 32.2. The Kier molecular flexibility index (Phi) is 5.89. The minimum absolute atomic E-state index is 0.00301. The summed E-state index contributed by atoms with van der Waals surface area (Å²) in [5.41, 5.74) is -0.177. The minimum atomic E-state index is -3.78. The molecule has 1 saturated heterocycles. The summed E-state index contributed by atoms with van der Waals surface area (Å²) in [4.78, 5) is 23.8. The Hall–Kier alpha value is -2.00. The molecule has 0 spiro atoms. The van der Waals surface area contributed by atoms with Crippen molar-refractivity contribution < 1.29 is 18.1 Å². The molecule has 1 aliphatic rings. The molecule has 0 bridgehead atoms. The van der Waals surface area contributed by atoms with Crippen LogP contribution in [0.5, 0.6) is 0 Å². The third-order valence-corrected chi connectivity index (χ3v) is 5.48. The van der Waals surface area contributed by atoms with Gasteiger partial charge in [0.25, 0.3) is 5.69 Å². The lowest BCUT2D eigenvalue weighted by Gasteiger charge is -2.31. The van der Waals surface area contributed by atoms with E-state index in [2.05, 4.69) is 11.6 Å². The number of hydrogen-bond acceptors (Lipinski definition) is 5. The Morgan fingerprint density at radius 3 is 2.62 bits per heavy atom. The van der Waals surface area contributed by atoms with E-state index < -0.39 is 14.9 Å². The van der Waals surface area contributed by atoms with E-state index in [9.17, 15) is 23.3 Å². The maximum absolute atomic E-state index is 12.1. The maximum Gasteiger partial charge on any atom is 0.269 e. The monoisotopic (exact) mass is 355 g/mol. The van der Waals surface area contributed by atoms with Gasteiger partial charge in [0.2, 0.25) is 15.9 Å². The number of amides is 1. The molecule has 24 heavy (non-hydrogen) atoms. The zero-order chi connectivity index (χ0) is 17.7. The molecule has 132 valence electrons. The molecule has 1 aromatic carbocycles. The lowest BCUT2D eigenvalue weighted by atomic mass is 10.0. The van der Waals surface area contributed by atoms with Gasteiger partial charge in [0.15, 0.2) is 0 Å². The molecule has 1 heterocycles. The summed E-state index contributed by atoms with van der Waals surface area (Å²) in [5, 5.41) is 10.6. The van der Waals surface area contributed by atoms with Gasteiger partial charge < -0.3 is 4.90 Å². The SMILES string of the molecule is CC1CCCN(C(=O)CCNS(=O)(=O)c2ccc([N+](=O)[O-])cc2)C1. The Balaban J connectivity index is 1.88. The highest BCUT2D eigenvalue weighted by Crippen LogP contribution is 2.17. The molecule has 1 atom stereocenters. The number of nitrogens with zero attached hydrogens (tertiary/aromatic N) is 2. The van der Waals surface area contributed by atoms with Gasteiger partial charge in [-0.3, -0.25) is 14.9 Å². The zero-order valence-electron chi connectivity index (χ0n) is 13.5. The number of hydrogen-bond donors (Lipinski definition) is 1. The second-order valence-corrected chi connectivity index (χ2v) is 7.75. The molecule has 0 aliphatic carbocycles. The van der Waals surface area contributed by atoms with Crippen molar-refractivity contribution in [2.45, 2.75) is 31.1 Å². The summed E-state index contributed by atoms with van der Waals surface area (Å²) in [6.07, 6.45) is 2.18. The fraction of sp³-hybridized carbons (Fsp3) is 0.533. The van der Waals surface area contributed by atoms with Gasteiger partial charge in [0.05, 0.1) is 9.82 Å². The van der Waals surface area contributed by atoms with Gasteiger partial charge in [-0.25, -0.2) is 13.1 Å². The number of rotatable bonds is 6. The predicted octanol–water partition coefficient (Wildman–Crippen LogP) is 1.52. The Morgan fingerprint density at radius 1 is 1.38 bits per heavy atom. The van der Waals surface area contributed by atoms with Crippen LogP contribution in [0.2, 0.25) is 0 Å². The Labute approximate surface area is 141 Å². The van der Waals surface area contributed by atoms with E-state index in [-0.39, 0.29) is 29.5 Å². The molecule has 8 nitrogen and oxygen atoms in total. The third kappa shape index (κ3) is 4.75. The summed E-state index contributed by atoms with van der Waals surface area (Å²) in [7, 11) is -3.78. The number of non-ortho nitro benzene ring substituents is 1. The molecule has 0 aromatic heterocycles. The average molecular weight is 355 g/mol. The molecular formula is C15H21N3O5S. The Bertz CT molecular complexity index is 702. The quantitative estimate of drug-likeness (QED) is 0.614. The van der Waals surface area contributed by atoms with E-state index in [1.54, 1.807) is 4.90 Å². The van der Waals surface area contributed by atoms with Crippen LogP contribution < -0.4 is 4.72 Å². The highest BCUT2D eigenvalue weighted by Gasteiger charge is 2.21. The van der Waals surface area contributed by atoms with Gasteiger partial charge in [-0.1, -0.05) is 6.92 Å². The van der Waals surface area contributed by atoms with Crippen LogP contribution in [-0.2, 0) is 14.8 Å². The molecule has 2 rings (SSSR count). The van der Waals surface area contributed by atoms with Gasteiger partial charge in [-0.05, 0) is 30.9 Å². The van der Waals surface area contributed by atoms with E-state index >= 15 is 0 Å². The maximum atomic E-state index is 12.1. The van der Waals surface area contributed by atoms with Crippen LogP contribution in [0.3, 0.4) is 0 Å². The van der Waals surface area contributed by atoms with E-state index in [1.165, 1.54) is 12.1 Å². The number of likely N-dealkylation sites (tertiary alicyclic amines) is 1. The molecule has 9 heteroatoms. The second-order valence-electron chi connectivity index (χ2n) is 5.99. The largest absolute Gasteiger partial charge is 0.342 e. The van der Waals surface area contributed by atoms with Crippen molar-refractivity contribution in [1.82, 2.24) is 9.62 Å². The lowest BCUT2D eigenvalue weighted by molar-refractivity contribution is -0.384. The van der Waals surface area contributed by atoms with Gasteiger partial charge in [-0.2, -0.15) is 0 Å². The highest BCUT2D eigenvalue weighted by molar-refractivity contribution is 7.89.